The monoisotopic (exact) mass is 417 g/mol. The molecule has 8 atom stereocenters. The van der Waals surface area contributed by atoms with Gasteiger partial charge in [-0.15, -0.1) is 0 Å². The fourth-order valence-electron chi connectivity index (χ4n) is 8.91. The predicted molar refractivity (Wildman–Crippen MR) is 123 cm³/mol. The van der Waals surface area contributed by atoms with E-state index in [1.54, 1.807) is 7.11 Å². The van der Waals surface area contributed by atoms with Crippen LogP contribution >= 0.6 is 0 Å². The standard InChI is InChI=1S/C27H47NO2/c1-18(2)8-7-9-19(3)21-11-12-22-20-10-13-25(30-6)28-24(29)15-17-27(28,5)23(20)14-16-26(21,22)4/h18-23,25H,7-17H2,1-6H3/t19-,20+,21-,22+,23+,25+,26-,27-/m1/s1. The Morgan fingerprint density at radius 3 is 2.47 bits per heavy atom. The van der Waals surface area contributed by atoms with Crippen LogP contribution in [0.2, 0.25) is 0 Å². The summed E-state index contributed by atoms with van der Waals surface area (Å²) in [7, 11) is 1.81. The number of fused-ring (bicyclic) bond motifs is 5. The molecule has 2 aliphatic heterocycles. The minimum atomic E-state index is -0.00554. The lowest BCUT2D eigenvalue weighted by atomic mass is 9.53. The Kier molecular flexibility index (Phi) is 6.34. The first-order valence-corrected chi connectivity index (χ1v) is 13.1. The average molecular weight is 418 g/mol. The number of hydrogen-bond acceptors (Lipinski definition) is 2. The van der Waals surface area contributed by atoms with Crippen molar-refractivity contribution in [1.82, 2.24) is 4.90 Å². The maximum absolute atomic E-state index is 12.8. The fraction of sp³-hybridized carbons (Fsp3) is 0.963. The first kappa shape index (κ1) is 22.6. The topological polar surface area (TPSA) is 29.5 Å². The molecule has 4 fully saturated rings. The van der Waals surface area contributed by atoms with E-state index in [4.69, 9.17) is 4.74 Å². The largest absolute Gasteiger partial charge is 0.362 e. The van der Waals surface area contributed by atoms with E-state index < -0.39 is 0 Å². The number of hydrogen-bond donors (Lipinski definition) is 0. The highest BCUT2D eigenvalue weighted by Gasteiger charge is 2.61. The van der Waals surface area contributed by atoms with Gasteiger partial charge in [0.15, 0.2) is 0 Å². The van der Waals surface area contributed by atoms with Crippen LogP contribution in [-0.4, -0.2) is 29.7 Å². The maximum atomic E-state index is 12.8. The molecular formula is C27H47NO2. The first-order valence-electron chi connectivity index (χ1n) is 13.1. The highest BCUT2D eigenvalue weighted by Crippen LogP contribution is 2.65. The van der Waals surface area contributed by atoms with Gasteiger partial charge < -0.3 is 9.64 Å². The molecule has 30 heavy (non-hydrogen) atoms. The van der Waals surface area contributed by atoms with Crippen LogP contribution in [-0.2, 0) is 9.53 Å². The summed E-state index contributed by atoms with van der Waals surface area (Å²) < 4.78 is 5.89. The van der Waals surface area contributed by atoms with Crippen LogP contribution in [0.25, 0.3) is 0 Å². The molecule has 172 valence electrons. The average Bonchev–Trinajstić information content (AvgIpc) is 3.15. The van der Waals surface area contributed by atoms with Gasteiger partial charge in [-0.05, 0) is 92.8 Å². The summed E-state index contributed by atoms with van der Waals surface area (Å²) >= 11 is 0. The van der Waals surface area contributed by atoms with Crippen LogP contribution in [0.1, 0.15) is 105 Å². The molecule has 2 saturated carbocycles. The molecule has 0 spiro atoms. The van der Waals surface area contributed by atoms with E-state index in [2.05, 4.69) is 39.5 Å². The van der Waals surface area contributed by atoms with Crippen molar-refractivity contribution in [3.05, 3.63) is 0 Å². The molecule has 0 radical (unpaired) electrons. The smallest absolute Gasteiger partial charge is 0.225 e. The summed E-state index contributed by atoms with van der Waals surface area (Å²) in [6, 6.07) is 0. The lowest BCUT2D eigenvalue weighted by Crippen LogP contribution is -2.56. The van der Waals surface area contributed by atoms with Crippen LogP contribution in [0.4, 0.5) is 0 Å². The van der Waals surface area contributed by atoms with E-state index in [1.807, 2.05) is 0 Å². The van der Waals surface area contributed by atoms with Crippen LogP contribution in [0, 0.1) is 40.9 Å². The fourth-order valence-corrected chi connectivity index (χ4v) is 8.91. The summed E-state index contributed by atoms with van der Waals surface area (Å²) in [5.74, 6) is 5.20. The molecular weight excluding hydrogens is 370 g/mol. The lowest BCUT2D eigenvalue weighted by Gasteiger charge is -2.54. The third-order valence-electron chi connectivity index (χ3n) is 10.4. The number of ether oxygens (including phenoxy) is 1. The van der Waals surface area contributed by atoms with E-state index in [1.165, 1.54) is 51.4 Å². The summed E-state index contributed by atoms with van der Waals surface area (Å²) in [5.41, 5.74) is 0.524. The summed E-state index contributed by atoms with van der Waals surface area (Å²) in [6.07, 6.45) is 13.7. The molecule has 2 aliphatic carbocycles. The third-order valence-corrected chi connectivity index (χ3v) is 10.4. The van der Waals surface area contributed by atoms with Gasteiger partial charge in [0.2, 0.25) is 5.91 Å². The molecule has 0 aromatic carbocycles. The predicted octanol–water partition coefficient (Wildman–Crippen LogP) is 6.65. The number of nitrogens with zero attached hydrogens (tertiary/aromatic N) is 1. The Hall–Kier alpha value is -0.570. The van der Waals surface area contributed by atoms with Crippen LogP contribution in [0.5, 0.6) is 0 Å². The number of carbonyl (C=O) groups is 1. The summed E-state index contributed by atoms with van der Waals surface area (Å²) in [6.45, 7) is 12.3. The van der Waals surface area contributed by atoms with Crippen molar-refractivity contribution in [1.29, 1.82) is 0 Å². The van der Waals surface area contributed by atoms with Crippen LogP contribution < -0.4 is 0 Å². The molecule has 0 N–H and O–H groups in total. The van der Waals surface area contributed by atoms with Crippen molar-refractivity contribution < 1.29 is 9.53 Å². The van der Waals surface area contributed by atoms with Crippen LogP contribution in [0.15, 0.2) is 0 Å². The van der Waals surface area contributed by atoms with E-state index >= 15 is 0 Å². The zero-order valence-corrected chi connectivity index (χ0v) is 20.6. The second kappa shape index (κ2) is 8.41. The summed E-state index contributed by atoms with van der Waals surface area (Å²) in [5, 5.41) is 0. The molecule has 3 nitrogen and oxygen atoms in total. The molecule has 2 heterocycles. The van der Waals surface area contributed by atoms with Gasteiger partial charge in [0.05, 0.1) is 0 Å². The maximum Gasteiger partial charge on any atom is 0.225 e. The molecule has 1 amide bonds. The van der Waals surface area contributed by atoms with E-state index in [9.17, 15) is 4.79 Å². The van der Waals surface area contributed by atoms with Gasteiger partial charge in [-0.3, -0.25) is 4.79 Å². The van der Waals surface area contributed by atoms with Gasteiger partial charge in [-0.2, -0.15) is 0 Å². The molecule has 4 rings (SSSR count). The van der Waals surface area contributed by atoms with Crippen molar-refractivity contribution in [2.45, 2.75) is 117 Å². The minimum Gasteiger partial charge on any atom is -0.362 e. The van der Waals surface area contributed by atoms with Gasteiger partial charge in [0, 0.05) is 19.1 Å². The molecule has 0 aromatic heterocycles. The lowest BCUT2D eigenvalue weighted by molar-refractivity contribution is -0.151. The van der Waals surface area contributed by atoms with Crippen molar-refractivity contribution in [3.63, 3.8) is 0 Å². The quantitative estimate of drug-likeness (QED) is 0.484. The third kappa shape index (κ3) is 3.55. The Labute approximate surface area is 185 Å². The normalized spacial score (nSPS) is 44.6. The molecule has 2 saturated heterocycles. The van der Waals surface area contributed by atoms with Crippen LogP contribution in [0.3, 0.4) is 0 Å². The van der Waals surface area contributed by atoms with E-state index in [0.717, 1.165) is 48.9 Å². The van der Waals surface area contributed by atoms with Gasteiger partial charge >= 0.3 is 0 Å². The highest BCUT2D eigenvalue weighted by atomic mass is 16.5. The Morgan fingerprint density at radius 1 is 1.00 bits per heavy atom. The van der Waals surface area contributed by atoms with Crippen molar-refractivity contribution >= 4 is 5.91 Å². The minimum absolute atomic E-state index is 0.00554. The highest BCUT2D eigenvalue weighted by molar-refractivity contribution is 5.80. The summed E-state index contributed by atoms with van der Waals surface area (Å²) in [4.78, 5) is 15.0. The van der Waals surface area contributed by atoms with Gasteiger partial charge in [-0.25, -0.2) is 0 Å². The zero-order valence-electron chi connectivity index (χ0n) is 20.6. The Bertz CT molecular complexity index is 632. The molecule has 4 aliphatic rings. The SMILES string of the molecule is CO[C@H]1CC[C@H]2[C@@H]3CC[C@H]([C@H](C)CCCC(C)C)[C@@]3(C)CC[C@@H]2[C@@]2(C)CCC(=O)N12. The number of carbonyl (C=O) groups excluding carboxylic acids is 1. The molecule has 0 aromatic rings. The van der Waals surface area contributed by atoms with Crippen molar-refractivity contribution in [2.24, 2.45) is 40.9 Å². The van der Waals surface area contributed by atoms with Crippen molar-refractivity contribution in [2.75, 3.05) is 7.11 Å². The number of amides is 1. The Balaban J connectivity index is 1.54. The number of rotatable bonds is 6. The second-order valence-corrected chi connectivity index (χ2v) is 12.3. The van der Waals surface area contributed by atoms with Crippen molar-refractivity contribution in [3.8, 4) is 0 Å². The molecule has 0 unspecified atom stereocenters. The first-order chi connectivity index (χ1) is 14.2. The van der Waals surface area contributed by atoms with E-state index in [-0.39, 0.29) is 11.8 Å². The Morgan fingerprint density at radius 2 is 1.77 bits per heavy atom. The van der Waals surface area contributed by atoms with Gasteiger partial charge in [0.1, 0.15) is 6.23 Å². The number of methoxy groups -OCH3 is 1. The van der Waals surface area contributed by atoms with E-state index in [0.29, 0.717) is 17.2 Å². The molecule has 3 heteroatoms. The van der Waals surface area contributed by atoms with Gasteiger partial charge in [-0.1, -0.05) is 47.0 Å². The second-order valence-electron chi connectivity index (χ2n) is 12.3. The zero-order chi connectivity index (χ0) is 21.7. The van der Waals surface area contributed by atoms with Gasteiger partial charge in [0.25, 0.3) is 0 Å². The molecule has 0 bridgehead atoms.